The Balaban J connectivity index is 1.78. The minimum absolute atomic E-state index is 0.191. The first-order valence-corrected chi connectivity index (χ1v) is 7.61. The van der Waals surface area contributed by atoms with Gasteiger partial charge in [0.05, 0.1) is 4.47 Å². The predicted molar refractivity (Wildman–Crippen MR) is 79.9 cm³/mol. The van der Waals surface area contributed by atoms with Gasteiger partial charge in [-0.25, -0.2) is 0 Å². The lowest BCUT2D eigenvalue weighted by atomic mass is 10.00. The fraction of sp³-hybridized carbons (Fsp3) is 0.500. The monoisotopic (exact) mass is 345 g/mol. The molecule has 0 bridgehead atoms. The Labute approximate surface area is 127 Å². The van der Waals surface area contributed by atoms with Crippen molar-refractivity contribution in [2.45, 2.75) is 12.8 Å². The maximum atomic E-state index is 10.8. The average molecular weight is 347 g/mol. The van der Waals surface area contributed by atoms with Crippen LogP contribution in [-0.2, 0) is 4.79 Å². The van der Waals surface area contributed by atoms with E-state index in [0.717, 1.165) is 49.0 Å². The number of nitrogens with zero attached hydrogens (tertiary/aromatic N) is 1. The molecule has 5 heteroatoms. The molecule has 3 nitrogen and oxygen atoms in total. The maximum Gasteiger partial charge on any atom is 0.133 e. The van der Waals surface area contributed by atoms with Gasteiger partial charge in [-0.15, -0.1) is 0 Å². The van der Waals surface area contributed by atoms with Crippen LogP contribution in [0.5, 0.6) is 5.75 Å². The highest BCUT2D eigenvalue weighted by atomic mass is 79.9. The molecule has 0 saturated carbocycles. The van der Waals surface area contributed by atoms with Gasteiger partial charge in [0, 0.05) is 24.0 Å². The quantitative estimate of drug-likeness (QED) is 0.765. The van der Waals surface area contributed by atoms with E-state index in [9.17, 15) is 4.79 Å². The molecule has 19 heavy (non-hydrogen) atoms. The molecule has 0 radical (unpaired) electrons. The zero-order valence-electron chi connectivity index (χ0n) is 10.6. The molecule has 1 aromatic carbocycles. The van der Waals surface area contributed by atoms with Crippen molar-refractivity contribution in [3.05, 3.63) is 27.7 Å². The second-order valence-corrected chi connectivity index (χ2v) is 6.05. The van der Waals surface area contributed by atoms with Crippen LogP contribution in [0.3, 0.4) is 0 Å². The summed E-state index contributed by atoms with van der Waals surface area (Å²) in [6.07, 6.45) is 3.18. The topological polar surface area (TPSA) is 29.5 Å². The van der Waals surface area contributed by atoms with Gasteiger partial charge in [0.1, 0.15) is 18.6 Å². The van der Waals surface area contributed by atoms with E-state index in [1.807, 2.05) is 18.2 Å². The number of ether oxygens (including phenoxy) is 1. The Hall–Kier alpha value is -0.580. The summed E-state index contributed by atoms with van der Waals surface area (Å²) in [6, 6.07) is 5.49. The summed E-state index contributed by atoms with van der Waals surface area (Å²) in [5.41, 5.74) is 0. The Bertz CT molecular complexity index is 441. The van der Waals surface area contributed by atoms with E-state index in [1.165, 1.54) is 0 Å². The molecule has 1 heterocycles. The maximum absolute atomic E-state index is 10.8. The van der Waals surface area contributed by atoms with E-state index in [0.29, 0.717) is 11.6 Å². The zero-order chi connectivity index (χ0) is 13.7. The SMILES string of the molecule is O=CC1CCCN(CCOc2ccc(Cl)cc2Br)C1. The van der Waals surface area contributed by atoms with E-state index in [4.69, 9.17) is 16.3 Å². The van der Waals surface area contributed by atoms with Crippen molar-refractivity contribution in [3.63, 3.8) is 0 Å². The molecule has 1 aliphatic heterocycles. The normalized spacial score (nSPS) is 20.2. The molecule has 1 aliphatic rings. The van der Waals surface area contributed by atoms with Crippen LogP contribution >= 0.6 is 27.5 Å². The molecule has 1 aromatic rings. The molecule has 2 rings (SSSR count). The molecule has 1 unspecified atom stereocenters. The van der Waals surface area contributed by atoms with Gasteiger partial charge in [0.25, 0.3) is 0 Å². The van der Waals surface area contributed by atoms with Crippen molar-refractivity contribution in [2.75, 3.05) is 26.2 Å². The number of carbonyl (C=O) groups is 1. The summed E-state index contributed by atoms with van der Waals surface area (Å²) in [4.78, 5) is 13.1. The Kier molecular flexibility index (Phi) is 5.67. The smallest absolute Gasteiger partial charge is 0.133 e. The molecule has 0 aliphatic carbocycles. The highest BCUT2D eigenvalue weighted by Gasteiger charge is 2.18. The third-order valence-corrected chi connectivity index (χ3v) is 4.15. The van der Waals surface area contributed by atoms with Crippen LogP contribution in [0.1, 0.15) is 12.8 Å². The standard InChI is InChI=1S/C14H17BrClNO2/c15-13-8-12(16)3-4-14(13)19-7-6-17-5-1-2-11(9-17)10-18/h3-4,8,10-11H,1-2,5-7,9H2. The van der Waals surface area contributed by atoms with Crippen LogP contribution < -0.4 is 4.74 Å². The summed E-state index contributed by atoms with van der Waals surface area (Å²) in [5, 5.41) is 0.684. The second-order valence-electron chi connectivity index (χ2n) is 4.76. The Morgan fingerprint density at radius 2 is 2.37 bits per heavy atom. The van der Waals surface area contributed by atoms with E-state index >= 15 is 0 Å². The number of likely N-dealkylation sites (tertiary alicyclic amines) is 1. The van der Waals surface area contributed by atoms with Crippen molar-refractivity contribution in [2.24, 2.45) is 5.92 Å². The number of hydrogen-bond donors (Lipinski definition) is 0. The van der Waals surface area contributed by atoms with E-state index in [2.05, 4.69) is 20.8 Å². The third kappa shape index (κ3) is 4.48. The van der Waals surface area contributed by atoms with Crippen molar-refractivity contribution in [1.82, 2.24) is 4.90 Å². The Morgan fingerprint density at radius 3 is 3.11 bits per heavy atom. The third-order valence-electron chi connectivity index (χ3n) is 3.29. The molecule has 1 saturated heterocycles. The van der Waals surface area contributed by atoms with Gasteiger partial charge in [0.2, 0.25) is 0 Å². The van der Waals surface area contributed by atoms with E-state index < -0.39 is 0 Å². The van der Waals surface area contributed by atoms with Gasteiger partial charge in [0.15, 0.2) is 0 Å². The molecule has 1 atom stereocenters. The summed E-state index contributed by atoms with van der Waals surface area (Å²) >= 11 is 9.30. The van der Waals surface area contributed by atoms with Crippen LogP contribution in [0.2, 0.25) is 5.02 Å². The van der Waals surface area contributed by atoms with E-state index in [-0.39, 0.29) is 5.92 Å². The van der Waals surface area contributed by atoms with Crippen LogP contribution in [0, 0.1) is 5.92 Å². The van der Waals surface area contributed by atoms with Gasteiger partial charge < -0.3 is 9.53 Å². The van der Waals surface area contributed by atoms with Gasteiger partial charge in [-0.2, -0.15) is 0 Å². The van der Waals surface area contributed by atoms with Gasteiger partial charge in [-0.3, -0.25) is 4.90 Å². The van der Waals surface area contributed by atoms with Crippen LogP contribution in [-0.4, -0.2) is 37.4 Å². The number of hydrogen-bond acceptors (Lipinski definition) is 3. The van der Waals surface area contributed by atoms with E-state index in [1.54, 1.807) is 0 Å². The number of aldehydes is 1. The number of piperidine rings is 1. The molecule has 0 spiro atoms. The first kappa shape index (κ1) is 14.8. The van der Waals surface area contributed by atoms with Crippen molar-refractivity contribution < 1.29 is 9.53 Å². The highest BCUT2D eigenvalue weighted by molar-refractivity contribution is 9.10. The molecular formula is C14H17BrClNO2. The largest absolute Gasteiger partial charge is 0.491 e. The predicted octanol–water partition coefficient (Wildman–Crippen LogP) is 3.39. The fourth-order valence-corrected chi connectivity index (χ4v) is 3.08. The molecule has 0 N–H and O–H groups in total. The lowest BCUT2D eigenvalue weighted by Crippen LogP contribution is -2.38. The second kappa shape index (κ2) is 7.27. The molecule has 0 amide bonds. The molecule has 0 aromatic heterocycles. The summed E-state index contributed by atoms with van der Waals surface area (Å²) in [5.74, 6) is 0.990. The minimum Gasteiger partial charge on any atom is -0.491 e. The first-order chi connectivity index (χ1) is 9.19. The van der Waals surface area contributed by atoms with Crippen molar-refractivity contribution in [1.29, 1.82) is 0 Å². The van der Waals surface area contributed by atoms with Gasteiger partial charge in [-0.05, 0) is 53.5 Å². The number of halogens is 2. The van der Waals surface area contributed by atoms with Gasteiger partial charge in [-0.1, -0.05) is 11.6 Å². The van der Waals surface area contributed by atoms with Crippen LogP contribution in [0.15, 0.2) is 22.7 Å². The van der Waals surface area contributed by atoms with Crippen molar-refractivity contribution >= 4 is 33.8 Å². The minimum atomic E-state index is 0.191. The average Bonchev–Trinajstić information content (AvgIpc) is 2.41. The number of rotatable bonds is 5. The van der Waals surface area contributed by atoms with Crippen LogP contribution in [0.25, 0.3) is 0 Å². The number of benzene rings is 1. The molecule has 104 valence electrons. The summed E-state index contributed by atoms with van der Waals surface area (Å²) in [7, 11) is 0. The van der Waals surface area contributed by atoms with Gasteiger partial charge >= 0.3 is 0 Å². The molecular weight excluding hydrogens is 330 g/mol. The zero-order valence-corrected chi connectivity index (χ0v) is 13.0. The lowest BCUT2D eigenvalue weighted by molar-refractivity contribution is -0.112. The highest BCUT2D eigenvalue weighted by Crippen LogP contribution is 2.27. The van der Waals surface area contributed by atoms with Crippen molar-refractivity contribution in [3.8, 4) is 5.75 Å². The fourth-order valence-electron chi connectivity index (χ4n) is 2.28. The van der Waals surface area contributed by atoms with Crippen LogP contribution in [0.4, 0.5) is 0 Å². The number of carbonyl (C=O) groups excluding carboxylic acids is 1. The summed E-state index contributed by atoms with van der Waals surface area (Å²) < 4.78 is 6.59. The summed E-state index contributed by atoms with van der Waals surface area (Å²) in [6.45, 7) is 3.37. The Morgan fingerprint density at radius 1 is 1.53 bits per heavy atom. The lowest BCUT2D eigenvalue weighted by Gasteiger charge is -2.29. The molecule has 1 fully saturated rings. The first-order valence-electron chi connectivity index (χ1n) is 6.44.